The monoisotopic (exact) mass is 509 g/mol. The van der Waals surface area contributed by atoms with E-state index in [0.29, 0.717) is 30.2 Å². The molecular formula is C27H43N7OSi. The van der Waals surface area contributed by atoms with E-state index in [4.69, 9.17) is 4.43 Å². The Morgan fingerprint density at radius 1 is 1.14 bits per heavy atom. The fourth-order valence-corrected chi connectivity index (χ4v) is 8.66. The molecule has 3 aliphatic rings. The number of aromatic nitrogens is 4. The molecule has 3 aliphatic carbocycles. The standard InChI is InChI=1S/C27H43N7OSi/c1-25(2,3)36(6,7)35-16-19-11-23-18(14-29-32-23)12-27(19,5)21-8-9-26(4)22(20(21)15-31-34-28)10-17-13-30-33-24(17)26/h13-14,19-22H,8-12,15-16H2,1-7H3,(H,29,32)(H,30,33)/t19-,20-,21+,22+,26+,27+/m1/s1. The van der Waals surface area contributed by atoms with Crippen LogP contribution < -0.4 is 0 Å². The Labute approximate surface area is 216 Å². The molecule has 2 aromatic heterocycles. The average molecular weight is 510 g/mol. The van der Waals surface area contributed by atoms with Crippen LogP contribution in [-0.4, -0.2) is 41.9 Å². The first-order chi connectivity index (χ1) is 16.9. The van der Waals surface area contributed by atoms with Crippen molar-refractivity contribution in [1.82, 2.24) is 20.4 Å². The molecule has 0 amide bonds. The first kappa shape index (κ1) is 25.6. The van der Waals surface area contributed by atoms with Crippen LogP contribution >= 0.6 is 0 Å². The van der Waals surface area contributed by atoms with Crippen molar-refractivity contribution in [3.63, 3.8) is 0 Å². The van der Waals surface area contributed by atoms with Gasteiger partial charge in [0, 0.05) is 34.9 Å². The van der Waals surface area contributed by atoms with Gasteiger partial charge in [-0.25, -0.2) is 0 Å². The van der Waals surface area contributed by atoms with Crippen molar-refractivity contribution < 1.29 is 4.43 Å². The van der Waals surface area contributed by atoms with E-state index in [1.807, 2.05) is 12.4 Å². The van der Waals surface area contributed by atoms with Crippen molar-refractivity contribution in [1.29, 1.82) is 0 Å². The summed E-state index contributed by atoms with van der Waals surface area (Å²) in [6.07, 6.45) is 9.27. The molecule has 2 N–H and O–H groups in total. The number of rotatable bonds is 6. The van der Waals surface area contributed by atoms with Crippen molar-refractivity contribution >= 4 is 8.32 Å². The molecule has 0 saturated heterocycles. The zero-order valence-corrected chi connectivity index (χ0v) is 24.1. The molecule has 0 aliphatic heterocycles. The Morgan fingerprint density at radius 3 is 2.58 bits per heavy atom. The van der Waals surface area contributed by atoms with Gasteiger partial charge in [-0.3, -0.25) is 10.2 Å². The Kier molecular flexibility index (Phi) is 6.20. The van der Waals surface area contributed by atoms with E-state index >= 15 is 0 Å². The molecule has 0 aromatic carbocycles. The summed E-state index contributed by atoms with van der Waals surface area (Å²) in [4.78, 5) is 3.22. The molecule has 36 heavy (non-hydrogen) atoms. The highest BCUT2D eigenvalue weighted by Crippen LogP contribution is 2.60. The van der Waals surface area contributed by atoms with Crippen LogP contribution in [0.15, 0.2) is 17.5 Å². The molecular weight excluding hydrogens is 466 g/mol. The molecule has 2 heterocycles. The lowest BCUT2D eigenvalue weighted by Crippen LogP contribution is -2.54. The number of H-pyrrole nitrogens is 2. The second-order valence-corrected chi connectivity index (χ2v) is 18.6. The minimum Gasteiger partial charge on any atom is -0.417 e. The van der Waals surface area contributed by atoms with Crippen LogP contribution in [0, 0.1) is 29.1 Å². The van der Waals surface area contributed by atoms with Gasteiger partial charge in [0.1, 0.15) is 0 Å². The second-order valence-electron chi connectivity index (χ2n) is 13.7. The number of hydrogen-bond donors (Lipinski definition) is 2. The molecule has 0 spiro atoms. The lowest BCUT2D eigenvalue weighted by Gasteiger charge is -2.56. The van der Waals surface area contributed by atoms with Crippen LogP contribution in [0.3, 0.4) is 0 Å². The lowest BCUT2D eigenvalue weighted by molar-refractivity contribution is -0.0448. The Hall–Kier alpha value is -2.09. The Balaban J connectivity index is 1.50. The van der Waals surface area contributed by atoms with Gasteiger partial charge in [-0.05, 0) is 96.0 Å². The van der Waals surface area contributed by atoms with Crippen LogP contribution in [0.2, 0.25) is 18.1 Å². The maximum atomic E-state index is 9.31. The minimum absolute atomic E-state index is 0.0464. The minimum atomic E-state index is -1.89. The fourth-order valence-electron chi connectivity index (χ4n) is 7.61. The predicted octanol–water partition coefficient (Wildman–Crippen LogP) is 6.34. The molecule has 6 atom stereocenters. The van der Waals surface area contributed by atoms with Crippen LogP contribution in [0.5, 0.6) is 0 Å². The smallest absolute Gasteiger partial charge is 0.191 e. The third-order valence-electron chi connectivity index (χ3n) is 11.0. The molecule has 8 nitrogen and oxygen atoms in total. The second kappa shape index (κ2) is 8.74. The summed E-state index contributed by atoms with van der Waals surface area (Å²) in [5.41, 5.74) is 14.7. The molecule has 5 rings (SSSR count). The number of fused-ring (bicyclic) bond motifs is 4. The highest BCUT2D eigenvalue weighted by atomic mass is 28.4. The first-order valence-electron chi connectivity index (χ1n) is 13.6. The largest absolute Gasteiger partial charge is 0.417 e. The summed E-state index contributed by atoms with van der Waals surface area (Å²) in [5, 5.41) is 19.8. The van der Waals surface area contributed by atoms with Crippen LogP contribution in [0.1, 0.15) is 70.0 Å². The van der Waals surface area contributed by atoms with Gasteiger partial charge in [0.25, 0.3) is 0 Å². The Morgan fingerprint density at radius 2 is 1.86 bits per heavy atom. The molecule has 2 aromatic rings. The summed E-state index contributed by atoms with van der Waals surface area (Å²) in [6.45, 7) is 17.9. The maximum absolute atomic E-state index is 9.31. The summed E-state index contributed by atoms with van der Waals surface area (Å²) >= 11 is 0. The predicted molar refractivity (Wildman–Crippen MR) is 144 cm³/mol. The quantitative estimate of drug-likeness (QED) is 0.205. The summed E-state index contributed by atoms with van der Waals surface area (Å²) in [7, 11) is -1.89. The van der Waals surface area contributed by atoms with Gasteiger partial charge in [-0.1, -0.05) is 39.7 Å². The number of nitrogens with one attached hydrogen (secondary N) is 2. The highest BCUT2D eigenvalue weighted by molar-refractivity contribution is 6.74. The number of nitrogens with zero attached hydrogens (tertiary/aromatic N) is 5. The van der Waals surface area contributed by atoms with Gasteiger partial charge in [-0.15, -0.1) is 0 Å². The van der Waals surface area contributed by atoms with E-state index in [2.05, 4.69) is 78.1 Å². The van der Waals surface area contributed by atoms with Crippen molar-refractivity contribution in [3.8, 4) is 0 Å². The summed E-state index contributed by atoms with van der Waals surface area (Å²) in [5.74, 6) is 1.63. The molecule has 0 bridgehead atoms. The van der Waals surface area contributed by atoms with Gasteiger partial charge >= 0.3 is 0 Å². The lowest BCUT2D eigenvalue weighted by atomic mass is 9.49. The van der Waals surface area contributed by atoms with Crippen LogP contribution in [0.4, 0.5) is 0 Å². The zero-order chi connectivity index (χ0) is 25.9. The van der Waals surface area contributed by atoms with E-state index in [0.717, 1.165) is 38.7 Å². The molecule has 1 fully saturated rings. The average Bonchev–Trinajstić information content (AvgIpc) is 3.51. The van der Waals surface area contributed by atoms with Crippen molar-refractivity contribution in [2.75, 3.05) is 13.2 Å². The normalized spacial score (nSPS) is 34.0. The van der Waals surface area contributed by atoms with Crippen molar-refractivity contribution in [3.05, 3.63) is 45.4 Å². The first-order valence-corrected chi connectivity index (χ1v) is 16.5. The number of hydrogen-bond acceptors (Lipinski definition) is 4. The van der Waals surface area contributed by atoms with Crippen molar-refractivity contribution in [2.45, 2.75) is 90.3 Å². The topological polar surface area (TPSA) is 115 Å². The molecule has 9 heteroatoms. The van der Waals surface area contributed by atoms with E-state index in [9.17, 15) is 5.53 Å². The number of azide groups is 1. The fraction of sp³-hybridized carbons (Fsp3) is 0.778. The molecule has 196 valence electrons. The van der Waals surface area contributed by atoms with Gasteiger partial charge < -0.3 is 4.43 Å². The third-order valence-corrected chi connectivity index (χ3v) is 15.5. The van der Waals surface area contributed by atoms with E-state index in [1.165, 1.54) is 22.5 Å². The van der Waals surface area contributed by atoms with E-state index < -0.39 is 8.32 Å². The third kappa shape index (κ3) is 3.94. The van der Waals surface area contributed by atoms with Gasteiger partial charge in [0.15, 0.2) is 8.32 Å². The van der Waals surface area contributed by atoms with Gasteiger partial charge in [0.05, 0.1) is 12.4 Å². The maximum Gasteiger partial charge on any atom is 0.191 e. The Bertz CT molecular complexity index is 1160. The van der Waals surface area contributed by atoms with Gasteiger partial charge in [-0.2, -0.15) is 10.2 Å². The van der Waals surface area contributed by atoms with Crippen LogP contribution in [0.25, 0.3) is 10.4 Å². The zero-order valence-electron chi connectivity index (χ0n) is 23.1. The van der Waals surface area contributed by atoms with Crippen LogP contribution in [-0.2, 0) is 29.1 Å². The highest BCUT2D eigenvalue weighted by Gasteiger charge is 2.58. The van der Waals surface area contributed by atoms with Crippen molar-refractivity contribution in [2.24, 2.45) is 34.2 Å². The summed E-state index contributed by atoms with van der Waals surface area (Å²) < 4.78 is 6.88. The van der Waals surface area contributed by atoms with Gasteiger partial charge in [0.2, 0.25) is 0 Å². The van der Waals surface area contributed by atoms with E-state index in [-0.39, 0.29) is 15.9 Å². The molecule has 0 unspecified atom stereocenters. The molecule has 1 saturated carbocycles. The number of aromatic amines is 2. The molecule has 0 radical (unpaired) electrons. The summed E-state index contributed by atoms with van der Waals surface area (Å²) in [6, 6.07) is 0. The van der Waals surface area contributed by atoms with E-state index in [1.54, 1.807) is 0 Å². The SMILES string of the molecule is CC(C)(C)[Si](C)(C)OC[C@H]1Cc2[nH]ncc2C[C@]1(C)[C@H]1CC[C@]2(C)c3[nH]ncc3C[C@H]2[C@@H]1CN=[N+]=[N-].